The van der Waals surface area contributed by atoms with Gasteiger partial charge in [0.1, 0.15) is 11.6 Å². The van der Waals surface area contributed by atoms with Crippen molar-refractivity contribution in [3.8, 4) is 0 Å². The van der Waals surface area contributed by atoms with E-state index in [1.807, 2.05) is 32.0 Å². The SMILES string of the molecule is Cc1ccc(C)c(CSc2c(F)cc(N)cc2F)c1. The average molecular weight is 279 g/mol. The second kappa shape index (κ2) is 5.61. The number of anilines is 1. The molecule has 0 aliphatic carbocycles. The number of benzene rings is 2. The average Bonchev–Trinajstić information content (AvgIpc) is 2.32. The number of aryl methyl sites for hydroxylation is 2. The summed E-state index contributed by atoms with van der Waals surface area (Å²) in [4.78, 5) is 0.0232. The minimum absolute atomic E-state index is 0.0232. The highest BCUT2D eigenvalue weighted by Gasteiger charge is 2.11. The van der Waals surface area contributed by atoms with Crippen LogP contribution in [0.2, 0.25) is 0 Å². The highest BCUT2D eigenvalue weighted by molar-refractivity contribution is 7.98. The van der Waals surface area contributed by atoms with Gasteiger partial charge in [-0.3, -0.25) is 0 Å². The lowest BCUT2D eigenvalue weighted by atomic mass is 10.1. The lowest BCUT2D eigenvalue weighted by Gasteiger charge is -2.09. The molecule has 0 bridgehead atoms. The van der Waals surface area contributed by atoms with Crippen LogP contribution in [-0.2, 0) is 5.75 Å². The normalized spacial score (nSPS) is 10.7. The largest absolute Gasteiger partial charge is 0.399 e. The fourth-order valence-electron chi connectivity index (χ4n) is 1.82. The fourth-order valence-corrected chi connectivity index (χ4v) is 2.83. The predicted octanol–water partition coefficient (Wildman–Crippen LogP) is 4.46. The smallest absolute Gasteiger partial charge is 0.141 e. The van der Waals surface area contributed by atoms with Gasteiger partial charge in [0, 0.05) is 11.4 Å². The Balaban J connectivity index is 2.21. The van der Waals surface area contributed by atoms with Gasteiger partial charge in [-0.05, 0) is 37.1 Å². The molecule has 2 rings (SSSR count). The van der Waals surface area contributed by atoms with Crippen molar-refractivity contribution in [3.63, 3.8) is 0 Å². The van der Waals surface area contributed by atoms with Gasteiger partial charge in [-0.25, -0.2) is 8.78 Å². The molecule has 0 aromatic heterocycles. The van der Waals surface area contributed by atoms with Crippen LogP contribution in [0.4, 0.5) is 14.5 Å². The maximum Gasteiger partial charge on any atom is 0.141 e. The predicted molar refractivity (Wildman–Crippen MR) is 76.2 cm³/mol. The molecule has 0 saturated carbocycles. The van der Waals surface area contributed by atoms with E-state index in [2.05, 4.69) is 0 Å². The highest BCUT2D eigenvalue weighted by atomic mass is 32.2. The topological polar surface area (TPSA) is 26.0 Å². The summed E-state index contributed by atoms with van der Waals surface area (Å²) in [5, 5.41) is 0. The third-order valence-electron chi connectivity index (χ3n) is 2.90. The molecule has 2 aromatic rings. The summed E-state index contributed by atoms with van der Waals surface area (Å²) in [6.45, 7) is 3.99. The van der Waals surface area contributed by atoms with Crippen LogP contribution < -0.4 is 5.73 Å². The molecule has 0 saturated heterocycles. The summed E-state index contributed by atoms with van der Waals surface area (Å²) in [5.74, 6) is -0.675. The number of halogens is 2. The minimum atomic E-state index is -0.604. The third-order valence-corrected chi connectivity index (χ3v) is 4.03. The molecule has 1 nitrogen and oxygen atoms in total. The second-order valence-electron chi connectivity index (χ2n) is 4.53. The van der Waals surface area contributed by atoms with Crippen molar-refractivity contribution in [2.45, 2.75) is 24.5 Å². The van der Waals surface area contributed by atoms with E-state index in [0.717, 1.165) is 40.6 Å². The molecule has 0 unspecified atom stereocenters. The van der Waals surface area contributed by atoms with Crippen molar-refractivity contribution >= 4 is 17.4 Å². The van der Waals surface area contributed by atoms with Gasteiger partial charge in [-0.15, -0.1) is 11.8 Å². The molecule has 0 heterocycles. The Bertz CT molecular complexity index is 588. The molecular weight excluding hydrogens is 264 g/mol. The van der Waals surface area contributed by atoms with E-state index in [4.69, 9.17) is 5.73 Å². The fraction of sp³-hybridized carbons (Fsp3) is 0.200. The summed E-state index contributed by atoms with van der Waals surface area (Å²) < 4.78 is 27.3. The first-order chi connectivity index (χ1) is 8.97. The quantitative estimate of drug-likeness (QED) is 0.663. The van der Waals surface area contributed by atoms with Crippen molar-refractivity contribution in [1.29, 1.82) is 0 Å². The number of hydrogen-bond acceptors (Lipinski definition) is 2. The first-order valence-electron chi connectivity index (χ1n) is 5.91. The van der Waals surface area contributed by atoms with Crippen LogP contribution in [-0.4, -0.2) is 0 Å². The molecule has 0 amide bonds. The maximum absolute atomic E-state index is 13.7. The van der Waals surface area contributed by atoms with E-state index in [0.29, 0.717) is 5.75 Å². The Morgan fingerprint density at radius 1 is 1.05 bits per heavy atom. The van der Waals surface area contributed by atoms with Crippen LogP contribution in [0.5, 0.6) is 0 Å². The lowest BCUT2D eigenvalue weighted by molar-refractivity contribution is 0.542. The zero-order valence-corrected chi connectivity index (χ0v) is 11.7. The number of hydrogen-bond donors (Lipinski definition) is 1. The van der Waals surface area contributed by atoms with Crippen LogP contribution in [0.25, 0.3) is 0 Å². The molecule has 4 heteroatoms. The van der Waals surface area contributed by atoms with Gasteiger partial charge < -0.3 is 5.73 Å². The molecule has 2 N–H and O–H groups in total. The monoisotopic (exact) mass is 279 g/mol. The van der Waals surface area contributed by atoms with Crippen molar-refractivity contribution in [3.05, 3.63) is 58.7 Å². The Labute approximate surface area is 115 Å². The third kappa shape index (κ3) is 3.26. The molecule has 0 radical (unpaired) electrons. The van der Waals surface area contributed by atoms with Crippen LogP contribution >= 0.6 is 11.8 Å². The Morgan fingerprint density at radius 3 is 2.32 bits per heavy atom. The van der Waals surface area contributed by atoms with E-state index >= 15 is 0 Å². The summed E-state index contributed by atoms with van der Waals surface area (Å²) in [7, 11) is 0. The molecule has 0 aliphatic rings. The molecular formula is C15H15F2NS. The summed E-state index contributed by atoms with van der Waals surface area (Å²) >= 11 is 1.15. The standard InChI is InChI=1S/C15H15F2NS/c1-9-3-4-10(2)11(5-9)8-19-15-13(16)6-12(18)7-14(15)17/h3-7H,8,18H2,1-2H3. The van der Waals surface area contributed by atoms with Gasteiger partial charge in [-0.1, -0.05) is 23.8 Å². The molecule has 0 aliphatic heterocycles. The molecule has 2 aromatic carbocycles. The number of thioether (sulfide) groups is 1. The van der Waals surface area contributed by atoms with Gasteiger partial charge in [0.25, 0.3) is 0 Å². The maximum atomic E-state index is 13.7. The highest BCUT2D eigenvalue weighted by Crippen LogP contribution is 2.30. The van der Waals surface area contributed by atoms with Gasteiger partial charge >= 0.3 is 0 Å². The molecule has 0 spiro atoms. The molecule has 100 valence electrons. The zero-order chi connectivity index (χ0) is 14.0. The van der Waals surface area contributed by atoms with E-state index in [9.17, 15) is 8.78 Å². The van der Waals surface area contributed by atoms with Crippen molar-refractivity contribution in [1.82, 2.24) is 0 Å². The lowest BCUT2D eigenvalue weighted by Crippen LogP contribution is -1.94. The summed E-state index contributed by atoms with van der Waals surface area (Å²) in [6.07, 6.45) is 0. The number of nitrogens with two attached hydrogens (primary N) is 1. The van der Waals surface area contributed by atoms with Gasteiger partial charge in [0.2, 0.25) is 0 Å². The Morgan fingerprint density at radius 2 is 1.68 bits per heavy atom. The zero-order valence-electron chi connectivity index (χ0n) is 10.8. The van der Waals surface area contributed by atoms with Crippen molar-refractivity contribution in [2.75, 3.05) is 5.73 Å². The van der Waals surface area contributed by atoms with E-state index in [1.54, 1.807) is 0 Å². The molecule has 19 heavy (non-hydrogen) atoms. The Kier molecular flexibility index (Phi) is 4.10. The number of rotatable bonds is 3. The minimum Gasteiger partial charge on any atom is -0.399 e. The van der Waals surface area contributed by atoms with E-state index in [-0.39, 0.29) is 10.6 Å². The Hall–Kier alpha value is -1.55. The summed E-state index contributed by atoms with van der Waals surface area (Å²) in [5.41, 5.74) is 8.84. The first kappa shape index (κ1) is 13.9. The van der Waals surface area contributed by atoms with Crippen LogP contribution in [0, 0.1) is 25.5 Å². The van der Waals surface area contributed by atoms with Crippen LogP contribution in [0.3, 0.4) is 0 Å². The van der Waals surface area contributed by atoms with Crippen molar-refractivity contribution < 1.29 is 8.78 Å². The molecule has 0 atom stereocenters. The van der Waals surface area contributed by atoms with Crippen LogP contribution in [0.1, 0.15) is 16.7 Å². The first-order valence-corrected chi connectivity index (χ1v) is 6.89. The van der Waals surface area contributed by atoms with Gasteiger partial charge in [0.15, 0.2) is 0 Å². The van der Waals surface area contributed by atoms with Gasteiger partial charge in [0.05, 0.1) is 4.90 Å². The van der Waals surface area contributed by atoms with Crippen LogP contribution in [0.15, 0.2) is 35.2 Å². The summed E-state index contributed by atoms with van der Waals surface area (Å²) in [6, 6.07) is 8.37. The second-order valence-corrected chi connectivity index (χ2v) is 5.52. The van der Waals surface area contributed by atoms with Crippen molar-refractivity contribution in [2.24, 2.45) is 0 Å². The number of nitrogen functional groups attached to an aromatic ring is 1. The van der Waals surface area contributed by atoms with E-state index < -0.39 is 11.6 Å². The molecule has 0 fully saturated rings. The van der Waals surface area contributed by atoms with Gasteiger partial charge in [-0.2, -0.15) is 0 Å². The van der Waals surface area contributed by atoms with E-state index in [1.165, 1.54) is 0 Å².